The van der Waals surface area contributed by atoms with Gasteiger partial charge in [0, 0.05) is 31.2 Å². The second-order valence-electron chi connectivity index (χ2n) is 5.78. The molecule has 1 aliphatic rings. The molecule has 16 heavy (non-hydrogen) atoms. The molecule has 0 radical (unpaired) electrons. The van der Waals surface area contributed by atoms with Crippen LogP contribution in [0.5, 0.6) is 0 Å². The molecule has 0 N–H and O–H groups in total. The zero-order valence-electron chi connectivity index (χ0n) is 11.9. The first-order chi connectivity index (χ1) is 7.41. The molecule has 0 aromatic carbocycles. The molecule has 0 unspecified atom stereocenters. The van der Waals surface area contributed by atoms with Crippen LogP contribution in [0.3, 0.4) is 0 Å². The van der Waals surface area contributed by atoms with Crippen LogP contribution < -0.4 is 0 Å². The molecule has 0 saturated carbocycles. The molecule has 0 amide bonds. The van der Waals surface area contributed by atoms with E-state index in [0.717, 1.165) is 13.3 Å². The predicted octanol–water partition coefficient (Wildman–Crippen LogP) is 2.05. The zero-order valence-corrected chi connectivity index (χ0v) is 11.9. The molecular formula is C13H29N3. The average Bonchev–Trinajstić information content (AvgIpc) is 2.39. The Balaban J connectivity index is 2.68. The van der Waals surface area contributed by atoms with Gasteiger partial charge in [0.25, 0.3) is 0 Å². The largest absolute Gasteiger partial charge is 0.287 e. The quantitative estimate of drug-likeness (QED) is 0.730. The standard InChI is InChI=1S/C13H29N3/c1-11(2)14-7-8-15(12(3)4)10-16(9-14)13(5)6/h11-13H,7-10H2,1-6H3. The van der Waals surface area contributed by atoms with Crippen molar-refractivity contribution in [3.05, 3.63) is 0 Å². The summed E-state index contributed by atoms with van der Waals surface area (Å²) in [6.07, 6.45) is 0. The highest BCUT2D eigenvalue weighted by Crippen LogP contribution is 2.12. The van der Waals surface area contributed by atoms with Crippen LogP contribution in [0.4, 0.5) is 0 Å². The lowest BCUT2D eigenvalue weighted by atomic mass is 10.3. The lowest BCUT2D eigenvalue weighted by Crippen LogP contribution is -2.45. The van der Waals surface area contributed by atoms with E-state index in [4.69, 9.17) is 0 Å². The molecule has 1 saturated heterocycles. The fraction of sp³-hybridized carbons (Fsp3) is 1.00. The molecule has 96 valence electrons. The SMILES string of the molecule is CC(C)N1CCN(C(C)C)CN(C(C)C)C1. The van der Waals surface area contributed by atoms with Crippen LogP contribution in [0.25, 0.3) is 0 Å². The van der Waals surface area contributed by atoms with E-state index in [1.54, 1.807) is 0 Å². The Labute approximate surface area is 101 Å². The van der Waals surface area contributed by atoms with Crippen LogP contribution in [0, 0.1) is 0 Å². The summed E-state index contributed by atoms with van der Waals surface area (Å²) < 4.78 is 0. The minimum absolute atomic E-state index is 0.626. The minimum Gasteiger partial charge on any atom is -0.287 e. The van der Waals surface area contributed by atoms with Gasteiger partial charge in [0.05, 0.1) is 13.3 Å². The molecule has 1 fully saturated rings. The van der Waals surface area contributed by atoms with Gasteiger partial charge in [-0.05, 0) is 41.5 Å². The molecule has 0 spiro atoms. The first-order valence-electron chi connectivity index (χ1n) is 6.64. The highest BCUT2D eigenvalue weighted by atomic mass is 15.4. The van der Waals surface area contributed by atoms with Crippen LogP contribution in [-0.2, 0) is 0 Å². The van der Waals surface area contributed by atoms with Crippen LogP contribution in [0.15, 0.2) is 0 Å². The van der Waals surface area contributed by atoms with Crippen molar-refractivity contribution in [2.75, 3.05) is 26.4 Å². The molecule has 0 aromatic heterocycles. The summed E-state index contributed by atoms with van der Waals surface area (Å²) in [6, 6.07) is 1.92. The smallest absolute Gasteiger partial charge is 0.0523 e. The lowest BCUT2D eigenvalue weighted by molar-refractivity contribution is 0.0717. The lowest BCUT2D eigenvalue weighted by Gasteiger charge is -2.33. The van der Waals surface area contributed by atoms with Gasteiger partial charge in [-0.15, -0.1) is 0 Å². The summed E-state index contributed by atoms with van der Waals surface area (Å²) >= 11 is 0. The first-order valence-corrected chi connectivity index (χ1v) is 6.64. The summed E-state index contributed by atoms with van der Waals surface area (Å²) in [5, 5.41) is 0. The molecule has 3 heteroatoms. The van der Waals surface area contributed by atoms with Crippen molar-refractivity contribution >= 4 is 0 Å². The van der Waals surface area contributed by atoms with Crippen molar-refractivity contribution < 1.29 is 0 Å². The Hall–Kier alpha value is -0.120. The molecule has 0 aliphatic carbocycles. The van der Waals surface area contributed by atoms with E-state index in [1.807, 2.05) is 0 Å². The Morgan fingerprint density at radius 1 is 0.562 bits per heavy atom. The average molecular weight is 227 g/mol. The second kappa shape index (κ2) is 5.99. The van der Waals surface area contributed by atoms with Crippen molar-refractivity contribution in [2.45, 2.75) is 59.7 Å². The van der Waals surface area contributed by atoms with Gasteiger partial charge in [-0.3, -0.25) is 14.7 Å². The van der Waals surface area contributed by atoms with Crippen molar-refractivity contribution in [3.8, 4) is 0 Å². The van der Waals surface area contributed by atoms with Crippen LogP contribution in [-0.4, -0.2) is 59.3 Å². The summed E-state index contributed by atoms with van der Waals surface area (Å²) in [5.74, 6) is 0. The van der Waals surface area contributed by atoms with Crippen LogP contribution >= 0.6 is 0 Å². The summed E-state index contributed by atoms with van der Waals surface area (Å²) in [6.45, 7) is 18.4. The minimum atomic E-state index is 0.626. The summed E-state index contributed by atoms with van der Waals surface area (Å²) in [7, 11) is 0. The van der Waals surface area contributed by atoms with Crippen molar-refractivity contribution in [1.82, 2.24) is 14.7 Å². The zero-order chi connectivity index (χ0) is 12.3. The Kier molecular flexibility index (Phi) is 5.22. The molecule has 3 nitrogen and oxygen atoms in total. The van der Waals surface area contributed by atoms with Gasteiger partial charge in [-0.1, -0.05) is 0 Å². The first kappa shape index (κ1) is 13.9. The highest BCUT2D eigenvalue weighted by Gasteiger charge is 2.24. The molecular weight excluding hydrogens is 198 g/mol. The van der Waals surface area contributed by atoms with E-state index in [0.29, 0.717) is 18.1 Å². The summed E-state index contributed by atoms with van der Waals surface area (Å²) in [4.78, 5) is 7.71. The Morgan fingerprint density at radius 3 is 1.12 bits per heavy atom. The van der Waals surface area contributed by atoms with Crippen molar-refractivity contribution in [2.24, 2.45) is 0 Å². The fourth-order valence-electron chi connectivity index (χ4n) is 2.08. The third kappa shape index (κ3) is 3.72. The molecule has 1 heterocycles. The second-order valence-corrected chi connectivity index (χ2v) is 5.78. The van der Waals surface area contributed by atoms with E-state index in [-0.39, 0.29) is 0 Å². The number of hydrogen-bond acceptors (Lipinski definition) is 3. The number of rotatable bonds is 3. The molecule has 1 aliphatic heterocycles. The number of nitrogens with zero attached hydrogens (tertiary/aromatic N) is 3. The van der Waals surface area contributed by atoms with E-state index in [1.165, 1.54) is 13.1 Å². The van der Waals surface area contributed by atoms with E-state index < -0.39 is 0 Å². The van der Waals surface area contributed by atoms with E-state index in [2.05, 4.69) is 56.2 Å². The normalized spacial score (nSPS) is 22.3. The van der Waals surface area contributed by atoms with Crippen molar-refractivity contribution in [1.29, 1.82) is 0 Å². The maximum atomic E-state index is 2.57. The van der Waals surface area contributed by atoms with Gasteiger partial charge in [0.2, 0.25) is 0 Å². The fourth-order valence-corrected chi connectivity index (χ4v) is 2.08. The monoisotopic (exact) mass is 227 g/mol. The van der Waals surface area contributed by atoms with Gasteiger partial charge in [0.15, 0.2) is 0 Å². The third-order valence-electron chi connectivity index (χ3n) is 3.59. The predicted molar refractivity (Wildman–Crippen MR) is 70.4 cm³/mol. The van der Waals surface area contributed by atoms with Crippen LogP contribution in [0.1, 0.15) is 41.5 Å². The van der Waals surface area contributed by atoms with Gasteiger partial charge < -0.3 is 0 Å². The van der Waals surface area contributed by atoms with Crippen LogP contribution in [0.2, 0.25) is 0 Å². The van der Waals surface area contributed by atoms with Gasteiger partial charge in [-0.2, -0.15) is 0 Å². The third-order valence-corrected chi connectivity index (χ3v) is 3.59. The topological polar surface area (TPSA) is 9.72 Å². The maximum Gasteiger partial charge on any atom is 0.0523 e. The number of hydrogen-bond donors (Lipinski definition) is 0. The molecule has 1 rings (SSSR count). The highest BCUT2D eigenvalue weighted by molar-refractivity contribution is 4.75. The van der Waals surface area contributed by atoms with Gasteiger partial charge in [0.1, 0.15) is 0 Å². The Bertz CT molecular complexity index is 183. The Morgan fingerprint density at radius 2 is 0.875 bits per heavy atom. The van der Waals surface area contributed by atoms with Gasteiger partial charge in [-0.25, -0.2) is 0 Å². The van der Waals surface area contributed by atoms with E-state index in [9.17, 15) is 0 Å². The summed E-state index contributed by atoms with van der Waals surface area (Å²) in [5.41, 5.74) is 0. The molecule has 0 atom stereocenters. The molecule has 0 bridgehead atoms. The van der Waals surface area contributed by atoms with Gasteiger partial charge >= 0.3 is 0 Å². The molecule has 0 aromatic rings. The van der Waals surface area contributed by atoms with Crippen molar-refractivity contribution in [3.63, 3.8) is 0 Å². The maximum absolute atomic E-state index is 2.57. The van der Waals surface area contributed by atoms with E-state index >= 15 is 0 Å².